The van der Waals surface area contributed by atoms with Crippen molar-refractivity contribution >= 4 is 28.0 Å². The first-order valence-corrected chi connectivity index (χ1v) is 9.14. The number of hydrogen-bond acceptors (Lipinski definition) is 5. The molecule has 5 heteroatoms. The number of piperidine rings is 1. The maximum absolute atomic E-state index is 6.17. The van der Waals surface area contributed by atoms with Crippen LogP contribution in [0.4, 0.5) is 5.82 Å². The minimum absolute atomic E-state index is 0.492. The summed E-state index contributed by atoms with van der Waals surface area (Å²) in [5, 5.41) is 1.04. The number of nitrogens with zero attached hydrogens (tertiary/aromatic N) is 4. The average molecular weight is 322 g/mol. The van der Waals surface area contributed by atoms with E-state index in [1.165, 1.54) is 43.4 Å². The fourth-order valence-electron chi connectivity index (χ4n) is 4.23. The second-order valence-corrected chi connectivity index (χ2v) is 7.17. The van der Waals surface area contributed by atoms with Crippen LogP contribution in [0.15, 0.2) is 16.8 Å². The van der Waals surface area contributed by atoms with Crippen LogP contribution in [0, 0.1) is 0 Å². The molecule has 0 N–H and O–H groups in total. The first-order chi connectivity index (χ1) is 11.8. The molecule has 0 amide bonds. The third-order valence-electron chi connectivity index (χ3n) is 5.58. The summed E-state index contributed by atoms with van der Waals surface area (Å²) in [6, 6.07) is 2.74. The molecular formula is C19H22N4O. The third-order valence-corrected chi connectivity index (χ3v) is 5.58. The summed E-state index contributed by atoms with van der Waals surface area (Å²) in [6.07, 6.45) is 10.0. The van der Waals surface area contributed by atoms with Crippen LogP contribution in [0.3, 0.4) is 0 Å². The van der Waals surface area contributed by atoms with Crippen LogP contribution in [0.1, 0.15) is 50.3 Å². The zero-order valence-corrected chi connectivity index (χ0v) is 14.1. The molecule has 0 aromatic carbocycles. The van der Waals surface area contributed by atoms with E-state index in [4.69, 9.17) is 9.40 Å². The number of aromatic nitrogens is 3. The highest BCUT2D eigenvalue weighted by atomic mass is 16.3. The number of fused-ring (bicyclic) bond motifs is 4. The van der Waals surface area contributed by atoms with Crippen molar-refractivity contribution in [3.63, 3.8) is 0 Å². The second-order valence-electron chi connectivity index (χ2n) is 7.17. The molecule has 0 bridgehead atoms. The van der Waals surface area contributed by atoms with E-state index in [1.807, 2.05) is 0 Å². The molecule has 2 aliphatic rings. The van der Waals surface area contributed by atoms with Gasteiger partial charge in [-0.1, -0.05) is 0 Å². The van der Waals surface area contributed by atoms with E-state index >= 15 is 0 Å². The molecule has 1 aliphatic heterocycles. The molecule has 5 rings (SSSR count). The lowest BCUT2D eigenvalue weighted by molar-refractivity contribution is 0.479. The Balaban J connectivity index is 1.72. The molecule has 1 atom stereocenters. The Hall–Kier alpha value is -2.17. The lowest BCUT2D eigenvalue weighted by Crippen LogP contribution is -2.38. The van der Waals surface area contributed by atoms with E-state index in [2.05, 4.69) is 27.9 Å². The second kappa shape index (κ2) is 5.43. The van der Waals surface area contributed by atoms with Crippen molar-refractivity contribution in [3.8, 4) is 0 Å². The smallest absolute Gasteiger partial charge is 0.229 e. The largest absolute Gasteiger partial charge is 0.432 e. The van der Waals surface area contributed by atoms with E-state index in [9.17, 15) is 0 Å². The van der Waals surface area contributed by atoms with Gasteiger partial charge in [-0.2, -0.15) is 0 Å². The van der Waals surface area contributed by atoms with Gasteiger partial charge in [0, 0.05) is 18.3 Å². The number of aryl methyl sites for hydroxylation is 2. The zero-order chi connectivity index (χ0) is 16.1. The highest BCUT2D eigenvalue weighted by Gasteiger charge is 2.25. The van der Waals surface area contributed by atoms with Gasteiger partial charge in [-0.15, -0.1) is 0 Å². The minimum Gasteiger partial charge on any atom is -0.432 e. The molecule has 0 saturated carbocycles. The van der Waals surface area contributed by atoms with Crippen molar-refractivity contribution in [1.29, 1.82) is 0 Å². The third kappa shape index (κ3) is 2.10. The Morgan fingerprint density at radius 3 is 2.96 bits per heavy atom. The Labute approximate surface area is 141 Å². The molecule has 3 aromatic heterocycles. The molecule has 1 unspecified atom stereocenters. The van der Waals surface area contributed by atoms with Crippen molar-refractivity contribution in [3.05, 3.63) is 23.7 Å². The molecule has 124 valence electrons. The number of furan rings is 1. The SMILES string of the molecule is CC1CCCCN1c1ncnc2c1oc1nc3c(cc12)CCCC3. The maximum atomic E-state index is 6.17. The topological polar surface area (TPSA) is 55.1 Å². The molecule has 3 aromatic rings. The molecule has 1 saturated heterocycles. The van der Waals surface area contributed by atoms with E-state index < -0.39 is 0 Å². The summed E-state index contributed by atoms with van der Waals surface area (Å²) in [4.78, 5) is 16.3. The van der Waals surface area contributed by atoms with Crippen LogP contribution in [-0.2, 0) is 12.8 Å². The molecular weight excluding hydrogens is 300 g/mol. The van der Waals surface area contributed by atoms with Crippen molar-refractivity contribution in [2.45, 2.75) is 57.9 Å². The summed E-state index contributed by atoms with van der Waals surface area (Å²) in [7, 11) is 0. The number of anilines is 1. The fourth-order valence-corrected chi connectivity index (χ4v) is 4.23. The molecule has 1 fully saturated rings. The van der Waals surface area contributed by atoms with E-state index in [0.717, 1.165) is 47.4 Å². The summed E-state index contributed by atoms with van der Waals surface area (Å²) in [5.41, 5.74) is 5.00. The van der Waals surface area contributed by atoms with Gasteiger partial charge in [0.2, 0.25) is 5.71 Å². The Bertz CT molecular complexity index is 917. The van der Waals surface area contributed by atoms with Gasteiger partial charge in [0.25, 0.3) is 0 Å². The van der Waals surface area contributed by atoms with Crippen molar-refractivity contribution in [1.82, 2.24) is 15.0 Å². The van der Waals surface area contributed by atoms with Crippen LogP contribution in [0.2, 0.25) is 0 Å². The standard InChI is InChI=1S/C19H22N4O/c1-12-6-4-5-9-23(12)18-17-16(20-11-21-18)14-10-13-7-2-3-8-15(13)22-19(14)24-17/h10-12H,2-9H2,1H3. The van der Waals surface area contributed by atoms with Gasteiger partial charge in [-0.05, 0) is 63.5 Å². The minimum atomic E-state index is 0.492. The monoisotopic (exact) mass is 322 g/mol. The quantitative estimate of drug-likeness (QED) is 0.677. The summed E-state index contributed by atoms with van der Waals surface area (Å²) < 4.78 is 6.17. The van der Waals surface area contributed by atoms with Gasteiger partial charge in [-0.25, -0.2) is 15.0 Å². The van der Waals surface area contributed by atoms with Gasteiger partial charge in [-0.3, -0.25) is 0 Å². The highest BCUT2D eigenvalue weighted by molar-refractivity contribution is 6.04. The first kappa shape index (κ1) is 14.2. The molecule has 4 heterocycles. The Morgan fingerprint density at radius 1 is 1.12 bits per heavy atom. The Kier molecular flexibility index (Phi) is 3.21. The van der Waals surface area contributed by atoms with Crippen LogP contribution in [-0.4, -0.2) is 27.5 Å². The lowest BCUT2D eigenvalue weighted by atomic mass is 9.95. The molecule has 0 spiro atoms. The number of pyridine rings is 1. The predicted octanol–water partition coefficient (Wildman–Crippen LogP) is 4.03. The number of rotatable bonds is 1. The molecule has 5 nitrogen and oxygen atoms in total. The maximum Gasteiger partial charge on any atom is 0.229 e. The van der Waals surface area contributed by atoms with Crippen LogP contribution < -0.4 is 4.90 Å². The van der Waals surface area contributed by atoms with Gasteiger partial charge < -0.3 is 9.32 Å². The average Bonchev–Trinajstić information content (AvgIpc) is 2.98. The molecule has 0 radical (unpaired) electrons. The Morgan fingerprint density at radius 2 is 2.04 bits per heavy atom. The van der Waals surface area contributed by atoms with E-state index in [1.54, 1.807) is 6.33 Å². The molecule has 1 aliphatic carbocycles. The van der Waals surface area contributed by atoms with Crippen LogP contribution >= 0.6 is 0 Å². The fraction of sp³-hybridized carbons (Fsp3) is 0.526. The highest BCUT2D eigenvalue weighted by Crippen LogP contribution is 2.35. The van der Waals surface area contributed by atoms with Gasteiger partial charge in [0.1, 0.15) is 11.8 Å². The van der Waals surface area contributed by atoms with Gasteiger partial charge in [0.15, 0.2) is 11.4 Å². The van der Waals surface area contributed by atoms with Gasteiger partial charge >= 0.3 is 0 Å². The van der Waals surface area contributed by atoms with Crippen molar-refractivity contribution in [2.24, 2.45) is 0 Å². The lowest BCUT2D eigenvalue weighted by Gasteiger charge is -2.34. The van der Waals surface area contributed by atoms with Gasteiger partial charge in [0.05, 0.1) is 5.39 Å². The van der Waals surface area contributed by atoms with Crippen LogP contribution in [0.25, 0.3) is 22.2 Å². The summed E-state index contributed by atoms with van der Waals surface area (Å²) in [5.74, 6) is 0.933. The van der Waals surface area contributed by atoms with Crippen molar-refractivity contribution < 1.29 is 4.42 Å². The predicted molar refractivity (Wildman–Crippen MR) is 94.4 cm³/mol. The summed E-state index contributed by atoms with van der Waals surface area (Å²) >= 11 is 0. The first-order valence-electron chi connectivity index (χ1n) is 9.14. The number of hydrogen-bond donors (Lipinski definition) is 0. The van der Waals surface area contributed by atoms with E-state index in [0.29, 0.717) is 6.04 Å². The normalized spacial score (nSPS) is 21.4. The van der Waals surface area contributed by atoms with E-state index in [-0.39, 0.29) is 0 Å². The van der Waals surface area contributed by atoms with Crippen LogP contribution in [0.5, 0.6) is 0 Å². The molecule has 24 heavy (non-hydrogen) atoms. The van der Waals surface area contributed by atoms with Crippen molar-refractivity contribution in [2.75, 3.05) is 11.4 Å². The zero-order valence-electron chi connectivity index (χ0n) is 14.1. The summed E-state index contributed by atoms with van der Waals surface area (Å²) in [6.45, 7) is 3.31.